The maximum absolute atomic E-state index is 4.87. The lowest BCUT2D eigenvalue weighted by Crippen LogP contribution is -2.46. The highest BCUT2D eigenvalue weighted by atomic mass is 79.9. The Kier molecular flexibility index (Phi) is 5.52. The summed E-state index contributed by atoms with van der Waals surface area (Å²) in [7, 11) is 0. The van der Waals surface area contributed by atoms with Crippen LogP contribution in [-0.2, 0) is 6.54 Å². The molecule has 3 aromatic rings. The van der Waals surface area contributed by atoms with Gasteiger partial charge in [0.25, 0.3) is 0 Å². The quantitative estimate of drug-likeness (QED) is 0.601. The first-order valence-electron chi connectivity index (χ1n) is 9.08. The van der Waals surface area contributed by atoms with E-state index in [9.17, 15) is 0 Å². The predicted octanol–water partition coefficient (Wildman–Crippen LogP) is 4.30. The van der Waals surface area contributed by atoms with Crippen molar-refractivity contribution in [2.45, 2.75) is 20.4 Å². The van der Waals surface area contributed by atoms with Gasteiger partial charge >= 0.3 is 0 Å². The SMILES string of the molecule is Cc1nc(-c2ccccn2)nc(N2CCN(Cc3ccc(Br)s3)CC2)c1C. The summed E-state index contributed by atoms with van der Waals surface area (Å²) in [5.74, 6) is 1.75. The molecule has 0 bridgehead atoms. The van der Waals surface area contributed by atoms with Crippen LogP contribution >= 0.6 is 27.3 Å². The van der Waals surface area contributed by atoms with E-state index in [2.05, 4.69) is 61.7 Å². The molecule has 0 N–H and O–H groups in total. The Morgan fingerprint density at radius 2 is 1.85 bits per heavy atom. The van der Waals surface area contributed by atoms with Gasteiger partial charge in [0.2, 0.25) is 0 Å². The second-order valence-corrected chi connectivity index (χ2v) is 9.31. The molecule has 1 saturated heterocycles. The summed E-state index contributed by atoms with van der Waals surface area (Å²) in [6.07, 6.45) is 1.79. The van der Waals surface area contributed by atoms with Crippen LogP contribution < -0.4 is 4.90 Å². The van der Waals surface area contributed by atoms with Crippen LogP contribution in [0, 0.1) is 13.8 Å². The van der Waals surface area contributed by atoms with Crippen LogP contribution in [0.4, 0.5) is 5.82 Å². The minimum atomic E-state index is 0.708. The van der Waals surface area contributed by atoms with Gasteiger partial charge in [0.1, 0.15) is 11.5 Å². The zero-order chi connectivity index (χ0) is 18.8. The van der Waals surface area contributed by atoms with Crippen LogP contribution in [0.3, 0.4) is 0 Å². The van der Waals surface area contributed by atoms with Crippen LogP contribution in [0.15, 0.2) is 40.3 Å². The number of halogens is 1. The molecule has 0 unspecified atom stereocenters. The van der Waals surface area contributed by atoms with E-state index in [4.69, 9.17) is 4.98 Å². The van der Waals surface area contributed by atoms with Gasteiger partial charge in [0.15, 0.2) is 5.82 Å². The van der Waals surface area contributed by atoms with E-state index in [0.717, 1.165) is 55.5 Å². The van der Waals surface area contributed by atoms with Gasteiger partial charge in [-0.05, 0) is 54.0 Å². The lowest BCUT2D eigenvalue weighted by atomic mass is 10.2. The van der Waals surface area contributed by atoms with Crippen LogP contribution in [0.25, 0.3) is 11.5 Å². The molecular weight excluding hydrogens is 422 g/mol. The van der Waals surface area contributed by atoms with Gasteiger partial charge in [-0.15, -0.1) is 11.3 Å². The Bertz CT molecular complexity index is 919. The lowest BCUT2D eigenvalue weighted by molar-refractivity contribution is 0.251. The number of thiophene rings is 1. The van der Waals surface area contributed by atoms with E-state index >= 15 is 0 Å². The third-order valence-electron chi connectivity index (χ3n) is 4.94. The number of hydrogen-bond donors (Lipinski definition) is 0. The Balaban J connectivity index is 1.50. The molecule has 0 atom stereocenters. The standard InChI is InChI=1S/C20H22BrN5S/c1-14-15(2)23-19(17-5-3-4-8-22-17)24-20(14)26-11-9-25(10-12-26)13-16-6-7-18(21)27-16/h3-8H,9-13H2,1-2H3. The third-order valence-corrected chi connectivity index (χ3v) is 6.55. The molecule has 1 aliphatic rings. The van der Waals surface area contributed by atoms with Crippen LogP contribution in [0.2, 0.25) is 0 Å². The van der Waals surface area contributed by atoms with E-state index in [1.807, 2.05) is 29.5 Å². The molecule has 1 fully saturated rings. The van der Waals surface area contributed by atoms with Crippen molar-refractivity contribution in [3.05, 3.63) is 56.4 Å². The Morgan fingerprint density at radius 1 is 1.04 bits per heavy atom. The molecule has 7 heteroatoms. The molecule has 27 heavy (non-hydrogen) atoms. The minimum Gasteiger partial charge on any atom is -0.354 e. The molecule has 0 radical (unpaired) electrons. The predicted molar refractivity (Wildman–Crippen MR) is 114 cm³/mol. The van der Waals surface area contributed by atoms with Crippen LogP contribution in [-0.4, -0.2) is 46.0 Å². The second-order valence-electron chi connectivity index (χ2n) is 6.77. The summed E-state index contributed by atoms with van der Waals surface area (Å²) < 4.78 is 1.20. The average molecular weight is 444 g/mol. The molecule has 0 saturated carbocycles. The number of rotatable bonds is 4. The fourth-order valence-corrected chi connectivity index (χ4v) is 4.83. The summed E-state index contributed by atoms with van der Waals surface area (Å²) in [5, 5.41) is 0. The minimum absolute atomic E-state index is 0.708. The summed E-state index contributed by atoms with van der Waals surface area (Å²) >= 11 is 5.37. The van der Waals surface area contributed by atoms with Gasteiger partial charge < -0.3 is 4.90 Å². The number of piperazine rings is 1. The molecule has 3 aromatic heterocycles. The Hall–Kier alpha value is -1.83. The van der Waals surface area contributed by atoms with E-state index in [-0.39, 0.29) is 0 Å². The molecule has 4 heterocycles. The lowest BCUT2D eigenvalue weighted by Gasteiger charge is -2.36. The van der Waals surface area contributed by atoms with E-state index in [1.165, 1.54) is 8.66 Å². The second kappa shape index (κ2) is 8.04. The molecule has 0 amide bonds. The van der Waals surface area contributed by atoms with Gasteiger partial charge in [-0.2, -0.15) is 0 Å². The van der Waals surface area contributed by atoms with Crippen LogP contribution in [0.5, 0.6) is 0 Å². The third kappa shape index (κ3) is 4.20. The molecule has 1 aliphatic heterocycles. The largest absolute Gasteiger partial charge is 0.354 e. The fourth-order valence-electron chi connectivity index (χ4n) is 3.31. The summed E-state index contributed by atoms with van der Waals surface area (Å²) in [6, 6.07) is 10.2. The van der Waals surface area contributed by atoms with Crippen molar-refractivity contribution >= 4 is 33.1 Å². The Labute approximate surface area is 172 Å². The maximum atomic E-state index is 4.87. The Morgan fingerprint density at radius 3 is 2.52 bits per heavy atom. The monoisotopic (exact) mass is 443 g/mol. The van der Waals surface area contributed by atoms with Crippen molar-refractivity contribution in [2.24, 2.45) is 0 Å². The smallest absolute Gasteiger partial charge is 0.180 e. The first-order valence-corrected chi connectivity index (χ1v) is 10.7. The maximum Gasteiger partial charge on any atom is 0.180 e. The molecule has 0 aromatic carbocycles. The summed E-state index contributed by atoms with van der Waals surface area (Å²) in [6.45, 7) is 9.22. The van der Waals surface area contributed by atoms with Crippen molar-refractivity contribution in [1.82, 2.24) is 19.9 Å². The van der Waals surface area contributed by atoms with Gasteiger partial charge in [-0.25, -0.2) is 9.97 Å². The number of aromatic nitrogens is 3. The van der Waals surface area contributed by atoms with E-state index < -0.39 is 0 Å². The van der Waals surface area contributed by atoms with Gasteiger partial charge in [-0.1, -0.05) is 6.07 Å². The zero-order valence-corrected chi connectivity index (χ0v) is 17.9. The first-order chi connectivity index (χ1) is 13.1. The van der Waals surface area contributed by atoms with Crippen molar-refractivity contribution in [1.29, 1.82) is 0 Å². The summed E-state index contributed by atoms with van der Waals surface area (Å²) in [5.41, 5.74) is 3.00. The number of aryl methyl sites for hydroxylation is 1. The van der Waals surface area contributed by atoms with Gasteiger partial charge in [0.05, 0.1) is 3.79 Å². The van der Waals surface area contributed by atoms with Crippen molar-refractivity contribution < 1.29 is 0 Å². The molecular formula is C20H22BrN5S. The number of anilines is 1. The number of hydrogen-bond acceptors (Lipinski definition) is 6. The van der Waals surface area contributed by atoms with E-state index in [0.29, 0.717) is 5.82 Å². The molecule has 0 aliphatic carbocycles. The average Bonchev–Trinajstić information content (AvgIpc) is 3.10. The highest BCUT2D eigenvalue weighted by Gasteiger charge is 2.22. The zero-order valence-electron chi connectivity index (χ0n) is 15.5. The van der Waals surface area contributed by atoms with Gasteiger partial charge in [-0.3, -0.25) is 9.88 Å². The summed E-state index contributed by atoms with van der Waals surface area (Å²) in [4.78, 5) is 20.2. The molecule has 4 rings (SSSR count). The van der Waals surface area contributed by atoms with Gasteiger partial charge in [0, 0.05) is 55.1 Å². The van der Waals surface area contributed by atoms with Crippen molar-refractivity contribution in [2.75, 3.05) is 31.1 Å². The fraction of sp³-hybridized carbons (Fsp3) is 0.350. The molecule has 5 nitrogen and oxygen atoms in total. The highest BCUT2D eigenvalue weighted by Crippen LogP contribution is 2.26. The van der Waals surface area contributed by atoms with E-state index in [1.54, 1.807) is 6.20 Å². The molecule has 0 spiro atoms. The first kappa shape index (κ1) is 18.5. The number of nitrogens with zero attached hydrogens (tertiary/aromatic N) is 5. The normalized spacial score (nSPS) is 15.3. The van der Waals surface area contributed by atoms with Crippen molar-refractivity contribution in [3.63, 3.8) is 0 Å². The number of pyridine rings is 1. The topological polar surface area (TPSA) is 45.2 Å². The van der Waals surface area contributed by atoms with Crippen LogP contribution in [0.1, 0.15) is 16.1 Å². The highest BCUT2D eigenvalue weighted by molar-refractivity contribution is 9.11. The molecule has 140 valence electrons. The van der Waals surface area contributed by atoms with Crippen molar-refractivity contribution in [3.8, 4) is 11.5 Å².